The number of hydrogen-bond donors (Lipinski definition) is 3. The van der Waals surface area contributed by atoms with Crippen molar-refractivity contribution in [1.29, 1.82) is 0 Å². The van der Waals surface area contributed by atoms with Gasteiger partial charge in [0.05, 0.1) is 22.6 Å². The average molecular weight is 421 g/mol. The molecule has 2 aliphatic carbocycles. The summed E-state index contributed by atoms with van der Waals surface area (Å²) in [4.78, 5) is 24.2. The molecule has 2 heterocycles. The zero-order chi connectivity index (χ0) is 21.3. The van der Waals surface area contributed by atoms with E-state index >= 15 is 8.78 Å². The minimum absolute atomic E-state index is 0.0700. The van der Waals surface area contributed by atoms with Gasteiger partial charge in [0.15, 0.2) is 11.6 Å². The van der Waals surface area contributed by atoms with Crippen molar-refractivity contribution in [2.75, 3.05) is 12.3 Å². The lowest BCUT2D eigenvalue weighted by molar-refractivity contribution is 0.0694. The molecule has 160 valence electrons. The summed E-state index contributed by atoms with van der Waals surface area (Å²) >= 11 is 0. The largest absolute Gasteiger partial charge is 0.477 e. The zero-order valence-corrected chi connectivity index (χ0v) is 16.1. The number of aromatic nitrogens is 1. The second kappa shape index (κ2) is 6.73. The summed E-state index contributed by atoms with van der Waals surface area (Å²) in [6, 6.07) is -0.624. The molecule has 1 saturated heterocycles. The number of carboxylic acid groups (broad SMARTS) is 1. The van der Waals surface area contributed by atoms with Crippen molar-refractivity contribution >= 4 is 22.6 Å². The average Bonchev–Trinajstić information content (AvgIpc) is 3.27. The molecule has 3 aliphatic rings. The molecular weight excluding hydrogens is 399 g/mol. The number of carboxylic acids is 1. The molecule has 3 fully saturated rings. The third-order valence-corrected chi connectivity index (χ3v) is 6.95. The monoisotopic (exact) mass is 421 g/mol. The normalized spacial score (nSPS) is 30.4. The first kappa shape index (κ1) is 19.4. The Hall–Kier alpha value is -2.55. The van der Waals surface area contributed by atoms with Crippen LogP contribution in [0.2, 0.25) is 0 Å². The number of carbonyl (C=O) groups is 1. The van der Waals surface area contributed by atoms with E-state index in [-0.39, 0.29) is 23.5 Å². The molecule has 0 spiro atoms. The maximum atomic E-state index is 15.8. The van der Waals surface area contributed by atoms with Crippen LogP contribution in [0.1, 0.15) is 60.0 Å². The number of nitrogen functional groups attached to an aromatic ring is 1. The molecule has 0 bridgehead atoms. The number of pyridine rings is 1. The van der Waals surface area contributed by atoms with E-state index in [1.165, 1.54) is 0 Å². The first-order valence-electron chi connectivity index (χ1n) is 10.3. The number of piperidine rings is 1. The van der Waals surface area contributed by atoms with Crippen molar-refractivity contribution in [3.8, 4) is 0 Å². The van der Waals surface area contributed by atoms with Crippen LogP contribution in [0.5, 0.6) is 0 Å². The standard InChI is InChI=1S/C21H22F3N3O3/c22-11-6-13(11)27-7-10(21(29)30)20(28)15-18(25)16(23)14(17(24)19(15)27)9-4-8-2-1-3-26-12(8)5-9/h7-9,11-13,26H,1-6,25H2,(H,29,30)/t8-,9?,11-,12+,13+/m0/s1. The second-order valence-corrected chi connectivity index (χ2v) is 8.71. The van der Waals surface area contributed by atoms with Crippen LogP contribution in [0.25, 0.3) is 10.9 Å². The lowest BCUT2D eigenvalue weighted by Crippen LogP contribution is -2.37. The fraction of sp³-hybridized carbons (Fsp3) is 0.524. The van der Waals surface area contributed by atoms with Gasteiger partial charge in [-0.25, -0.2) is 18.0 Å². The molecule has 5 rings (SSSR count). The summed E-state index contributed by atoms with van der Waals surface area (Å²) in [6.45, 7) is 0.871. The van der Waals surface area contributed by atoms with Crippen molar-refractivity contribution in [2.45, 2.75) is 56.3 Å². The number of rotatable bonds is 3. The lowest BCUT2D eigenvalue weighted by Gasteiger charge is -2.25. The summed E-state index contributed by atoms with van der Waals surface area (Å²) in [5, 5.41) is 12.2. The summed E-state index contributed by atoms with van der Waals surface area (Å²) in [7, 11) is 0. The number of benzene rings is 1. The van der Waals surface area contributed by atoms with Gasteiger partial charge in [0.1, 0.15) is 11.7 Å². The van der Waals surface area contributed by atoms with Crippen molar-refractivity contribution in [2.24, 2.45) is 5.92 Å². The number of alkyl halides is 1. The maximum Gasteiger partial charge on any atom is 0.341 e. The Labute approximate surface area is 169 Å². The van der Waals surface area contributed by atoms with E-state index in [1.807, 2.05) is 0 Å². The van der Waals surface area contributed by atoms with Crippen molar-refractivity contribution < 1.29 is 23.1 Å². The number of nitrogens with two attached hydrogens (primary N) is 1. The molecule has 4 N–H and O–H groups in total. The van der Waals surface area contributed by atoms with Gasteiger partial charge in [0.25, 0.3) is 0 Å². The smallest absolute Gasteiger partial charge is 0.341 e. The minimum atomic E-state index is -1.55. The quantitative estimate of drug-likeness (QED) is 0.662. The van der Waals surface area contributed by atoms with Crippen molar-refractivity contribution in [3.05, 3.63) is 39.2 Å². The predicted molar refractivity (Wildman–Crippen MR) is 105 cm³/mol. The number of nitrogens with one attached hydrogen (secondary N) is 1. The summed E-state index contributed by atoms with van der Waals surface area (Å²) < 4.78 is 46.1. The van der Waals surface area contributed by atoms with Crippen molar-refractivity contribution in [1.82, 2.24) is 9.88 Å². The van der Waals surface area contributed by atoms with Crippen LogP contribution in [0.15, 0.2) is 11.0 Å². The maximum absolute atomic E-state index is 15.8. The van der Waals surface area contributed by atoms with Gasteiger partial charge >= 0.3 is 5.97 Å². The minimum Gasteiger partial charge on any atom is -0.477 e. The fourth-order valence-electron chi connectivity index (χ4n) is 5.38. The topological polar surface area (TPSA) is 97.3 Å². The molecule has 9 heteroatoms. The van der Waals surface area contributed by atoms with E-state index in [1.54, 1.807) is 0 Å². The Morgan fingerprint density at radius 2 is 1.97 bits per heavy atom. The summed E-state index contributed by atoms with van der Waals surface area (Å²) in [5.41, 5.74) is 3.15. The number of aromatic carboxylic acids is 1. The number of halogens is 3. The van der Waals surface area contributed by atoms with Gasteiger partial charge < -0.3 is 20.7 Å². The van der Waals surface area contributed by atoms with E-state index in [2.05, 4.69) is 5.32 Å². The van der Waals surface area contributed by atoms with E-state index in [4.69, 9.17) is 5.73 Å². The van der Waals surface area contributed by atoms with Crippen LogP contribution < -0.4 is 16.5 Å². The molecule has 1 aromatic heterocycles. The van der Waals surface area contributed by atoms with Gasteiger partial charge in [0.2, 0.25) is 5.43 Å². The third kappa shape index (κ3) is 2.74. The molecule has 2 saturated carbocycles. The summed E-state index contributed by atoms with van der Waals surface area (Å²) in [6.07, 6.45) is 2.89. The van der Waals surface area contributed by atoms with E-state index in [9.17, 15) is 19.1 Å². The van der Waals surface area contributed by atoms with E-state index in [0.717, 1.165) is 30.2 Å². The molecule has 2 aromatic rings. The molecule has 30 heavy (non-hydrogen) atoms. The predicted octanol–water partition coefficient (Wildman–Crippen LogP) is 3.09. The molecule has 1 aromatic carbocycles. The highest BCUT2D eigenvalue weighted by atomic mass is 19.1. The van der Waals surface area contributed by atoms with Gasteiger partial charge in [-0.2, -0.15) is 0 Å². The molecular formula is C21H22F3N3O3. The number of anilines is 1. The second-order valence-electron chi connectivity index (χ2n) is 8.71. The van der Waals surface area contributed by atoms with Gasteiger partial charge in [-0.3, -0.25) is 4.79 Å². The third-order valence-electron chi connectivity index (χ3n) is 6.95. The van der Waals surface area contributed by atoms with Gasteiger partial charge in [0, 0.05) is 24.2 Å². The van der Waals surface area contributed by atoms with Crippen LogP contribution in [0.3, 0.4) is 0 Å². The molecule has 1 aliphatic heterocycles. The van der Waals surface area contributed by atoms with Crippen LogP contribution in [0.4, 0.5) is 18.9 Å². The Morgan fingerprint density at radius 3 is 2.60 bits per heavy atom. The SMILES string of the molecule is Nc1c(F)c(C2C[C@@H]3CCCN[C@@H]3C2)c(F)c2c1c(=O)c(C(=O)O)cn2[C@@H]1C[C@@H]1F. The molecule has 0 amide bonds. The number of fused-ring (bicyclic) bond motifs is 2. The Balaban J connectivity index is 1.75. The summed E-state index contributed by atoms with van der Waals surface area (Å²) in [5.74, 6) is -3.60. The van der Waals surface area contributed by atoms with Crippen LogP contribution in [-0.4, -0.2) is 34.4 Å². The Bertz CT molecular complexity index is 1120. The highest BCUT2D eigenvalue weighted by Crippen LogP contribution is 2.47. The van der Waals surface area contributed by atoms with Crippen molar-refractivity contribution in [3.63, 3.8) is 0 Å². The van der Waals surface area contributed by atoms with Gasteiger partial charge in [-0.05, 0) is 44.1 Å². The van der Waals surface area contributed by atoms with Crippen LogP contribution in [0, 0.1) is 17.6 Å². The van der Waals surface area contributed by atoms with Gasteiger partial charge in [-0.15, -0.1) is 0 Å². The molecule has 6 nitrogen and oxygen atoms in total. The molecule has 5 atom stereocenters. The number of hydrogen-bond acceptors (Lipinski definition) is 4. The molecule has 1 unspecified atom stereocenters. The Kier molecular flexibility index (Phi) is 4.36. The van der Waals surface area contributed by atoms with E-state index < -0.39 is 57.8 Å². The fourth-order valence-corrected chi connectivity index (χ4v) is 5.38. The first-order chi connectivity index (χ1) is 14.3. The van der Waals surface area contributed by atoms with Crippen LogP contribution >= 0.6 is 0 Å². The highest BCUT2D eigenvalue weighted by molar-refractivity contribution is 5.98. The molecule has 0 radical (unpaired) electrons. The first-order valence-corrected chi connectivity index (χ1v) is 10.3. The van der Waals surface area contributed by atoms with Crippen LogP contribution in [-0.2, 0) is 0 Å². The van der Waals surface area contributed by atoms with Gasteiger partial charge in [-0.1, -0.05) is 0 Å². The Morgan fingerprint density at radius 1 is 1.23 bits per heavy atom. The lowest BCUT2D eigenvalue weighted by atomic mass is 9.91. The number of nitrogens with zero attached hydrogens (tertiary/aromatic N) is 1. The van der Waals surface area contributed by atoms with E-state index in [0.29, 0.717) is 18.8 Å². The highest BCUT2D eigenvalue weighted by Gasteiger charge is 2.43. The zero-order valence-electron chi connectivity index (χ0n) is 16.1.